The first-order valence-corrected chi connectivity index (χ1v) is 12.6. The number of ether oxygens (including phenoxy) is 2. The van der Waals surface area contributed by atoms with Gasteiger partial charge in [-0.15, -0.1) is 0 Å². The van der Waals surface area contributed by atoms with E-state index in [9.17, 15) is 19.1 Å². The number of aliphatic hydroxyl groups excluding tert-OH is 1. The van der Waals surface area contributed by atoms with E-state index in [0.717, 1.165) is 31.3 Å². The monoisotopic (exact) mass is 510 g/mol. The molecule has 9 nitrogen and oxygen atoms in total. The molecule has 1 saturated heterocycles. The molecule has 2 N–H and O–H groups in total. The zero-order chi connectivity index (χ0) is 26.1. The number of benzene rings is 2. The van der Waals surface area contributed by atoms with Gasteiger partial charge in [0.2, 0.25) is 5.78 Å². The van der Waals surface area contributed by atoms with Gasteiger partial charge in [0.15, 0.2) is 17.3 Å². The minimum Gasteiger partial charge on any atom is -0.486 e. The van der Waals surface area contributed by atoms with E-state index >= 15 is 0 Å². The van der Waals surface area contributed by atoms with E-state index in [-0.39, 0.29) is 41.9 Å². The molecule has 2 atom stereocenters. The van der Waals surface area contributed by atoms with Crippen LogP contribution in [0.5, 0.6) is 11.5 Å². The van der Waals surface area contributed by atoms with Gasteiger partial charge in [-0.2, -0.15) is 5.10 Å². The molecular formula is C27H31FN4O5. The topological polar surface area (TPSA) is 106 Å². The SMILES string of the molecule is CC(C)n1cc2ccc(C(=O)C(=O)N[C@H](CN3CCCC3)[C@H](O)c3cc(F)c4c(c3)OCCO4)cc2n1. The van der Waals surface area contributed by atoms with E-state index in [1.807, 2.05) is 20.0 Å². The van der Waals surface area contributed by atoms with Crippen molar-refractivity contribution in [2.24, 2.45) is 0 Å². The number of ketones is 1. The number of nitrogens with zero attached hydrogens (tertiary/aromatic N) is 3. The van der Waals surface area contributed by atoms with Gasteiger partial charge in [-0.05, 0) is 63.5 Å². The quantitative estimate of drug-likeness (QED) is 0.355. The number of aliphatic hydroxyl groups is 1. The molecule has 2 aromatic carbocycles. The Morgan fingerprint density at radius 3 is 2.65 bits per heavy atom. The van der Waals surface area contributed by atoms with Crippen molar-refractivity contribution in [3.63, 3.8) is 0 Å². The van der Waals surface area contributed by atoms with Crippen LogP contribution in [0.2, 0.25) is 0 Å². The van der Waals surface area contributed by atoms with Crippen molar-refractivity contribution in [1.29, 1.82) is 0 Å². The highest BCUT2D eigenvalue weighted by Gasteiger charge is 2.31. The van der Waals surface area contributed by atoms with Crippen molar-refractivity contribution >= 4 is 22.6 Å². The number of amides is 1. The summed E-state index contributed by atoms with van der Waals surface area (Å²) in [6.07, 6.45) is 2.64. The number of hydrogen-bond acceptors (Lipinski definition) is 7. The highest BCUT2D eigenvalue weighted by molar-refractivity contribution is 6.43. The Balaban J connectivity index is 1.37. The highest BCUT2D eigenvalue weighted by Crippen LogP contribution is 2.36. The molecule has 0 unspecified atom stereocenters. The number of fused-ring (bicyclic) bond motifs is 2. The maximum Gasteiger partial charge on any atom is 0.292 e. The summed E-state index contributed by atoms with van der Waals surface area (Å²) in [6.45, 7) is 6.47. The molecule has 0 saturated carbocycles. The van der Waals surface area contributed by atoms with Gasteiger partial charge in [-0.25, -0.2) is 4.39 Å². The second-order valence-electron chi connectivity index (χ2n) is 9.86. The first kappa shape index (κ1) is 25.2. The lowest BCUT2D eigenvalue weighted by Gasteiger charge is -2.29. The summed E-state index contributed by atoms with van der Waals surface area (Å²) < 4.78 is 27.3. The molecule has 0 spiro atoms. The summed E-state index contributed by atoms with van der Waals surface area (Å²) in [7, 11) is 0. The maximum absolute atomic E-state index is 14.7. The van der Waals surface area contributed by atoms with Crippen LogP contribution in [0.25, 0.3) is 10.9 Å². The summed E-state index contributed by atoms with van der Waals surface area (Å²) in [5, 5.41) is 19.3. The molecule has 1 aromatic heterocycles. The van der Waals surface area contributed by atoms with Crippen LogP contribution in [-0.4, -0.2) is 70.4 Å². The van der Waals surface area contributed by atoms with Crippen molar-refractivity contribution in [2.75, 3.05) is 32.8 Å². The molecule has 5 rings (SSSR count). The standard InChI is InChI=1S/C27H31FN4O5/c1-16(2)32-14-18-6-5-17(12-21(18)30-32)25(34)27(35)29-22(15-31-7-3-4-8-31)24(33)19-11-20(28)26-23(13-19)36-9-10-37-26/h5-6,11-14,16,22,24,33H,3-4,7-10,15H2,1-2H3,(H,29,35)/t22-,24-/m1/s1. The molecular weight excluding hydrogens is 479 g/mol. The average molecular weight is 511 g/mol. The fourth-order valence-corrected chi connectivity index (χ4v) is 4.81. The number of Topliss-reactive ketones (excluding diaryl/α,β-unsaturated/α-hetero) is 1. The first-order valence-electron chi connectivity index (χ1n) is 12.6. The molecule has 3 aromatic rings. The number of aromatic nitrogens is 2. The van der Waals surface area contributed by atoms with E-state index in [0.29, 0.717) is 12.1 Å². The van der Waals surface area contributed by atoms with Gasteiger partial charge in [0.25, 0.3) is 5.91 Å². The molecule has 37 heavy (non-hydrogen) atoms. The predicted octanol–water partition coefficient (Wildman–Crippen LogP) is 3.02. The molecule has 3 heterocycles. The van der Waals surface area contributed by atoms with Crippen LogP contribution in [0, 0.1) is 5.82 Å². The van der Waals surface area contributed by atoms with Crippen LogP contribution >= 0.6 is 0 Å². The van der Waals surface area contributed by atoms with Crippen molar-refractivity contribution < 1.29 is 28.6 Å². The van der Waals surface area contributed by atoms with Gasteiger partial charge in [-0.1, -0.05) is 12.1 Å². The molecule has 2 aliphatic heterocycles. The number of rotatable bonds is 8. The summed E-state index contributed by atoms with van der Waals surface area (Å²) in [5.74, 6) is -2.01. The summed E-state index contributed by atoms with van der Waals surface area (Å²) in [4.78, 5) is 28.3. The van der Waals surface area contributed by atoms with Crippen LogP contribution in [0.15, 0.2) is 36.5 Å². The molecule has 10 heteroatoms. The zero-order valence-electron chi connectivity index (χ0n) is 20.9. The van der Waals surface area contributed by atoms with Crippen molar-refractivity contribution in [3.05, 3.63) is 53.5 Å². The second kappa shape index (κ2) is 10.5. The van der Waals surface area contributed by atoms with Crippen molar-refractivity contribution in [3.8, 4) is 11.5 Å². The summed E-state index contributed by atoms with van der Waals surface area (Å²) in [5.41, 5.74) is 1.06. The zero-order valence-corrected chi connectivity index (χ0v) is 20.9. The van der Waals surface area contributed by atoms with E-state index in [1.165, 1.54) is 12.1 Å². The van der Waals surface area contributed by atoms with Crippen LogP contribution in [0.4, 0.5) is 4.39 Å². The van der Waals surface area contributed by atoms with Gasteiger partial charge in [0, 0.05) is 29.7 Å². The highest BCUT2D eigenvalue weighted by atomic mass is 19.1. The van der Waals surface area contributed by atoms with Gasteiger partial charge >= 0.3 is 0 Å². The number of carbonyl (C=O) groups excluding carboxylic acids is 2. The number of halogens is 1. The van der Waals surface area contributed by atoms with E-state index in [1.54, 1.807) is 22.9 Å². The summed E-state index contributed by atoms with van der Waals surface area (Å²) in [6, 6.07) is 6.97. The molecule has 1 fully saturated rings. The molecule has 196 valence electrons. The lowest BCUT2D eigenvalue weighted by molar-refractivity contribution is -0.118. The Morgan fingerprint density at radius 2 is 1.89 bits per heavy atom. The third-order valence-corrected chi connectivity index (χ3v) is 6.83. The van der Waals surface area contributed by atoms with Crippen LogP contribution in [0.3, 0.4) is 0 Å². The Morgan fingerprint density at radius 1 is 1.14 bits per heavy atom. The Kier molecular flexibility index (Phi) is 7.12. The molecule has 0 radical (unpaired) electrons. The Labute approximate surface area is 214 Å². The van der Waals surface area contributed by atoms with Crippen LogP contribution < -0.4 is 14.8 Å². The second-order valence-corrected chi connectivity index (χ2v) is 9.86. The molecule has 0 bridgehead atoms. The number of hydrogen-bond donors (Lipinski definition) is 2. The third kappa shape index (κ3) is 5.30. The minimum absolute atomic E-state index is 0.00723. The first-order chi connectivity index (χ1) is 17.8. The van der Waals surface area contributed by atoms with E-state index in [4.69, 9.17) is 9.47 Å². The van der Waals surface area contributed by atoms with E-state index in [2.05, 4.69) is 15.3 Å². The Bertz CT molecular complexity index is 1320. The number of nitrogens with one attached hydrogen (secondary N) is 1. The van der Waals surface area contributed by atoms with Crippen molar-refractivity contribution in [1.82, 2.24) is 20.0 Å². The fourth-order valence-electron chi connectivity index (χ4n) is 4.81. The number of carbonyl (C=O) groups is 2. The maximum atomic E-state index is 14.7. The number of likely N-dealkylation sites (tertiary alicyclic amines) is 1. The molecule has 2 aliphatic rings. The van der Waals surface area contributed by atoms with Gasteiger partial charge < -0.3 is 24.8 Å². The Hall–Kier alpha value is -3.50. The van der Waals surface area contributed by atoms with Gasteiger partial charge in [-0.3, -0.25) is 14.3 Å². The molecule has 1 amide bonds. The average Bonchev–Trinajstić information content (AvgIpc) is 3.57. The van der Waals surface area contributed by atoms with E-state index < -0.39 is 29.7 Å². The molecule has 0 aliphatic carbocycles. The largest absolute Gasteiger partial charge is 0.486 e. The third-order valence-electron chi connectivity index (χ3n) is 6.83. The lowest BCUT2D eigenvalue weighted by Crippen LogP contribution is -2.48. The lowest BCUT2D eigenvalue weighted by atomic mass is 9.99. The minimum atomic E-state index is -1.27. The van der Waals surface area contributed by atoms with Gasteiger partial charge in [0.05, 0.1) is 11.6 Å². The van der Waals surface area contributed by atoms with Crippen LogP contribution in [0.1, 0.15) is 54.8 Å². The smallest absolute Gasteiger partial charge is 0.292 e. The fraction of sp³-hybridized carbons (Fsp3) is 0.444. The van der Waals surface area contributed by atoms with Crippen molar-refractivity contribution in [2.45, 2.75) is 44.9 Å². The normalized spacial score (nSPS) is 17.2. The van der Waals surface area contributed by atoms with Gasteiger partial charge in [0.1, 0.15) is 19.3 Å². The van der Waals surface area contributed by atoms with Crippen LogP contribution in [-0.2, 0) is 4.79 Å². The summed E-state index contributed by atoms with van der Waals surface area (Å²) >= 11 is 0. The predicted molar refractivity (Wildman–Crippen MR) is 134 cm³/mol.